The van der Waals surface area contributed by atoms with E-state index >= 15 is 0 Å². The molecule has 5 rings (SSSR count). The molecule has 1 aliphatic rings. The maximum absolute atomic E-state index is 14.9. The molecule has 0 bridgehead atoms. The van der Waals surface area contributed by atoms with Crippen LogP contribution in [0, 0.1) is 12.7 Å². The van der Waals surface area contributed by atoms with Gasteiger partial charge in [0, 0.05) is 29.9 Å². The second kappa shape index (κ2) is 7.30. The summed E-state index contributed by atoms with van der Waals surface area (Å²) >= 11 is 0. The molecule has 7 nitrogen and oxygen atoms in total. The molecule has 0 unspecified atom stereocenters. The summed E-state index contributed by atoms with van der Waals surface area (Å²) in [4.78, 5) is 11.2. The Balaban J connectivity index is 1.48. The first-order valence-corrected chi connectivity index (χ1v) is 10.8. The lowest BCUT2D eigenvalue weighted by Gasteiger charge is -2.39. The molecule has 0 atom stereocenters. The number of anilines is 1. The van der Waals surface area contributed by atoms with Crippen LogP contribution in [0.1, 0.15) is 38.6 Å². The van der Waals surface area contributed by atoms with Crippen molar-refractivity contribution in [1.82, 2.24) is 29.0 Å². The first-order chi connectivity index (χ1) is 14.8. The standard InChI is InChI=1S/C23H28FN7/c1-13(2)31-14(3)26-22-19(24)8-15(9-20(22)31)18-6-7-30-21(18)12-25-23(28-30)27-16-10-17(11-16)29(4)5/h6-9,12-13,16-17H,10-11H2,1-5H3,(H,27,28)/t16-,17+. The molecule has 1 fully saturated rings. The molecule has 0 radical (unpaired) electrons. The lowest BCUT2D eigenvalue weighted by Crippen LogP contribution is -2.47. The second-order valence-corrected chi connectivity index (χ2v) is 9.02. The van der Waals surface area contributed by atoms with E-state index in [0.29, 0.717) is 23.5 Å². The minimum atomic E-state index is -0.311. The summed E-state index contributed by atoms with van der Waals surface area (Å²) in [5, 5.41) is 8.04. The summed E-state index contributed by atoms with van der Waals surface area (Å²) in [6, 6.07) is 6.74. The van der Waals surface area contributed by atoms with Crippen molar-refractivity contribution in [3.8, 4) is 11.1 Å². The van der Waals surface area contributed by atoms with Crippen LogP contribution in [0.15, 0.2) is 30.6 Å². The van der Waals surface area contributed by atoms with Gasteiger partial charge >= 0.3 is 0 Å². The molecule has 31 heavy (non-hydrogen) atoms. The van der Waals surface area contributed by atoms with E-state index in [1.165, 1.54) is 0 Å². The van der Waals surface area contributed by atoms with Crippen LogP contribution >= 0.6 is 0 Å². The fourth-order valence-corrected chi connectivity index (χ4v) is 4.60. The smallest absolute Gasteiger partial charge is 0.241 e. The fraction of sp³-hybridized carbons (Fsp3) is 0.435. The number of benzene rings is 1. The zero-order chi connectivity index (χ0) is 21.9. The van der Waals surface area contributed by atoms with Gasteiger partial charge in [-0.05, 0) is 71.5 Å². The van der Waals surface area contributed by atoms with E-state index < -0.39 is 0 Å². The van der Waals surface area contributed by atoms with Crippen LogP contribution in [0.5, 0.6) is 0 Å². The molecule has 8 heteroatoms. The summed E-state index contributed by atoms with van der Waals surface area (Å²) in [5.41, 5.74) is 3.76. The maximum atomic E-state index is 14.9. The van der Waals surface area contributed by atoms with E-state index in [-0.39, 0.29) is 11.9 Å². The van der Waals surface area contributed by atoms with E-state index in [2.05, 4.69) is 57.8 Å². The molecule has 3 aromatic heterocycles. The van der Waals surface area contributed by atoms with Gasteiger partial charge in [0.05, 0.1) is 17.2 Å². The predicted octanol–water partition coefficient (Wildman–Crippen LogP) is 4.28. The van der Waals surface area contributed by atoms with Crippen LogP contribution in [0.2, 0.25) is 0 Å². The van der Waals surface area contributed by atoms with Crippen LogP contribution in [0.4, 0.5) is 10.3 Å². The molecule has 0 amide bonds. The highest BCUT2D eigenvalue weighted by molar-refractivity contribution is 5.88. The number of imidazole rings is 1. The van der Waals surface area contributed by atoms with Gasteiger partial charge in [-0.2, -0.15) is 0 Å². The Kier molecular flexibility index (Phi) is 4.69. The highest BCUT2D eigenvalue weighted by Crippen LogP contribution is 2.32. The molecule has 162 valence electrons. The van der Waals surface area contributed by atoms with Crippen molar-refractivity contribution in [1.29, 1.82) is 0 Å². The largest absolute Gasteiger partial charge is 0.350 e. The predicted molar refractivity (Wildman–Crippen MR) is 121 cm³/mol. The summed E-state index contributed by atoms with van der Waals surface area (Å²) < 4.78 is 18.8. The Morgan fingerprint density at radius 3 is 2.68 bits per heavy atom. The SMILES string of the molecule is Cc1nc2c(F)cc(-c3ccn4nc(N[C@H]5C[C@@H](N(C)C)C5)ncc34)cc2n1C(C)C. The summed E-state index contributed by atoms with van der Waals surface area (Å²) in [7, 11) is 4.22. The van der Waals surface area contributed by atoms with Crippen molar-refractivity contribution in [3.05, 3.63) is 42.2 Å². The number of hydrogen-bond donors (Lipinski definition) is 1. The monoisotopic (exact) mass is 421 g/mol. The Morgan fingerprint density at radius 2 is 1.97 bits per heavy atom. The third-order valence-corrected chi connectivity index (χ3v) is 6.35. The normalized spacial score (nSPS) is 19.0. The van der Waals surface area contributed by atoms with E-state index in [0.717, 1.165) is 40.8 Å². The number of rotatable bonds is 5. The van der Waals surface area contributed by atoms with Crippen molar-refractivity contribution in [2.24, 2.45) is 0 Å². The van der Waals surface area contributed by atoms with Gasteiger partial charge in [-0.1, -0.05) is 0 Å². The highest BCUT2D eigenvalue weighted by atomic mass is 19.1. The van der Waals surface area contributed by atoms with Crippen molar-refractivity contribution < 1.29 is 4.39 Å². The molecule has 0 spiro atoms. The fourth-order valence-electron chi connectivity index (χ4n) is 4.60. The number of aromatic nitrogens is 5. The molecule has 1 N–H and O–H groups in total. The third-order valence-electron chi connectivity index (χ3n) is 6.35. The average molecular weight is 422 g/mol. The van der Waals surface area contributed by atoms with Gasteiger partial charge in [-0.15, -0.1) is 5.10 Å². The summed E-state index contributed by atoms with van der Waals surface area (Å²) in [6.45, 7) is 6.08. The number of halogens is 1. The van der Waals surface area contributed by atoms with Gasteiger partial charge in [0.1, 0.15) is 11.3 Å². The minimum absolute atomic E-state index is 0.195. The first-order valence-electron chi connectivity index (χ1n) is 10.8. The molecule has 1 saturated carbocycles. The Bertz CT molecular complexity index is 1260. The summed E-state index contributed by atoms with van der Waals surface area (Å²) in [5.74, 6) is 1.12. The van der Waals surface area contributed by atoms with E-state index in [1.54, 1.807) is 16.8 Å². The molecule has 0 aliphatic heterocycles. The van der Waals surface area contributed by atoms with E-state index in [9.17, 15) is 4.39 Å². The van der Waals surface area contributed by atoms with Crippen molar-refractivity contribution in [2.45, 2.75) is 51.7 Å². The average Bonchev–Trinajstić information content (AvgIpc) is 3.24. The lowest BCUT2D eigenvalue weighted by molar-refractivity contribution is 0.177. The van der Waals surface area contributed by atoms with Crippen molar-refractivity contribution in [3.63, 3.8) is 0 Å². The zero-order valence-electron chi connectivity index (χ0n) is 18.6. The van der Waals surface area contributed by atoms with E-state index in [1.807, 2.05) is 25.3 Å². The van der Waals surface area contributed by atoms with Gasteiger partial charge in [0.15, 0.2) is 5.82 Å². The topological polar surface area (TPSA) is 63.3 Å². The van der Waals surface area contributed by atoms with Crippen LogP contribution in [0.25, 0.3) is 27.7 Å². The molecule has 4 aromatic rings. The number of hydrogen-bond acceptors (Lipinski definition) is 5. The van der Waals surface area contributed by atoms with Crippen LogP contribution in [0.3, 0.4) is 0 Å². The van der Waals surface area contributed by atoms with Crippen LogP contribution in [-0.2, 0) is 0 Å². The lowest BCUT2D eigenvalue weighted by atomic mass is 9.86. The third kappa shape index (κ3) is 3.35. The molecular formula is C23H28FN7. The van der Waals surface area contributed by atoms with Crippen LogP contribution < -0.4 is 5.32 Å². The molecule has 0 saturated heterocycles. The summed E-state index contributed by atoms with van der Waals surface area (Å²) in [6.07, 6.45) is 5.88. The molecule has 3 heterocycles. The number of nitrogens with one attached hydrogen (secondary N) is 1. The second-order valence-electron chi connectivity index (χ2n) is 9.02. The van der Waals surface area contributed by atoms with Gasteiger partial charge in [-0.3, -0.25) is 0 Å². The number of nitrogens with zero attached hydrogens (tertiary/aromatic N) is 6. The first kappa shape index (κ1) is 19.9. The van der Waals surface area contributed by atoms with Gasteiger partial charge in [0.2, 0.25) is 5.95 Å². The Hall–Kier alpha value is -3.00. The van der Waals surface area contributed by atoms with Crippen molar-refractivity contribution in [2.75, 3.05) is 19.4 Å². The quantitative estimate of drug-likeness (QED) is 0.521. The molecule has 1 aliphatic carbocycles. The maximum Gasteiger partial charge on any atom is 0.241 e. The Morgan fingerprint density at radius 1 is 1.19 bits per heavy atom. The molecule has 1 aromatic carbocycles. The van der Waals surface area contributed by atoms with Crippen LogP contribution in [-0.4, -0.2) is 55.2 Å². The van der Waals surface area contributed by atoms with E-state index in [4.69, 9.17) is 0 Å². The zero-order valence-corrected chi connectivity index (χ0v) is 18.6. The number of aryl methyl sites for hydroxylation is 1. The number of fused-ring (bicyclic) bond motifs is 2. The van der Waals surface area contributed by atoms with Gasteiger partial charge < -0.3 is 14.8 Å². The Labute approximate surface area is 180 Å². The minimum Gasteiger partial charge on any atom is -0.350 e. The van der Waals surface area contributed by atoms with Crippen molar-refractivity contribution >= 4 is 22.5 Å². The highest BCUT2D eigenvalue weighted by Gasteiger charge is 2.31. The van der Waals surface area contributed by atoms with Gasteiger partial charge in [0.25, 0.3) is 0 Å². The molecular weight excluding hydrogens is 393 g/mol. The van der Waals surface area contributed by atoms with Gasteiger partial charge in [-0.25, -0.2) is 18.9 Å².